The Morgan fingerprint density at radius 1 is 1.19 bits per heavy atom. The molecule has 1 aromatic carbocycles. The van der Waals surface area contributed by atoms with Crippen molar-refractivity contribution in [3.8, 4) is 0 Å². The van der Waals surface area contributed by atoms with E-state index in [1.165, 1.54) is 17.2 Å². The Hall–Kier alpha value is -2.84. The Morgan fingerprint density at radius 3 is 2.63 bits per heavy atom. The summed E-state index contributed by atoms with van der Waals surface area (Å²) in [5.74, 6) is -0.481. The molecule has 0 aliphatic carbocycles. The maximum Gasteiger partial charge on any atom is 0.294 e. The largest absolute Gasteiger partial charge is 0.465 e. The van der Waals surface area contributed by atoms with Gasteiger partial charge in [0.15, 0.2) is 0 Å². The summed E-state index contributed by atoms with van der Waals surface area (Å²) in [6, 6.07) is 12.7. The third-order valence-corrected chi connectivity index (χ3v) is 4.83. The number of thioether (sulfide) groups is 1. The summed E-state index contributed by atoms with van der Waals surface area (Å²) < 4.78 is 5.16. The summed E-state index contributed by atoms with van der Waals surface area (Å²) in [6.45, 7) is -0.170. The van der Waals surface area contributed by atoms with Gasteiger partial charge in [0.25, 0.3) is 11.1 Å². The maximum absolute atomic E-state index is 12.6. The van der Waals surface area contributed by atoms with Gasteiger partial charge in [-0.05, 0) is 29.5 Å². The van der Waals surface area contributed by atoms with Crippen LogP contribution in [0.3, 0.4) is 0 Å². The molecular weight excluding hydrogens is 368 g/mol. The molecule has 0 unspecified atom stereocenters. The van der Waals surface area contributed by atoms with E-state index in [4.69, 9.17) is 4.42 Å². The number of imide groups is 1. The molecule has 3 amide bonds. The van der Waals surface area contributed by atoms with Crippen LogP contribution in [0, 0.1) is 0 Å². The normalized spacial score (nSPS) is 15.6. The summed E-state index contributed by atoms with van der Waals surface area (Å²) in [4.78, 5) is 39.8. The van der Waals surface area contributed by atoms with E-state index in [1.807, 2.05) is 30.3 Å². The first-order chi connectivity index (χ1) is 13.1. The minimum atomic E-state index is -0.529. The molecule has 0 bridgehead atoms. The summed E-state index contributed by atoms with van der Waals surface area (Å²) in [5.41, 5.74) is 0.895. The van der Waals surface area contributed by atoms with Crippen LogP contribution in [0.1, 0.15) is 11.3 Å². The van der Waals surface area contributed by atoms with Gasteiger partial charge in [0.2, 0.25) is 5.91 Å². The zero-order valence-corrected chi connectivity index (χ0v) is 15.2. The first-order valence-electron chi connectivity index (χ1n) is 8.30. The fourth-order valence-corrected chi connectivity index (χ4v) is 3.41. The van der Waals surface area contributed by atoms with Gasteiger partial charge >= 0.3 is 0 Å². The number of carbonyl (C=O) groups excluding carboxylic acids is 3. The van der Waals surface area contributed by atoms with Crippen molar-refractivity contribution in [2.24, 2.45) is 0 Å². The van der Waals surface area contributed by atoms with E-state index in [0.717, 1.165) is 22.2 Å². The van der Waals surface area contributed by atoms with Crippen molar-refractivity contribution in [1.29, 1.82) is 0 Å². The highest BCUT2D eigenvalue weighted by Gasteiger charge is 2.37. The predicted octanol–water partition coefficient (Wildman–Crippen LogP) is 2.34. The molecule has 8 heteroatoms. The molecule has 2 aromatic rings. The number of benzene rings is 1. The second-order valence-electron chi connectivity index (χ2n) is 5.81. The summed E-state index contributed by atoms with van der Waals surface area (Å²) in [5, 5.41) is 8.74. The second kappa shape index (κ2) is 8.70. The van der Waals surface area contributed by atoms with Gasteiger partial charge in [-0.25, -0.2) is 0 Å². The smallest absolute Gasteiger partial charge is 0.294 e. The number of hydrogen-bond acceptors (Lipinski definition) is 6. The molecule has 1 fully saturated rings. The van der Waals surface area contributed by atoms with Crippen LogP contribution in [0.15, 0.2) is 58.1 Å². The highest BCUT2D eigenvalue weighted by atomic mass is 32.2. The number of hydrogen-bond donors (Lipinski definition) is 1. The average molecular weight is 386 g/mol. The van der Waals surface area contributed by atoms with Gasteiger partial charge in [0.1, 0.15) is 12.3 Å². The molecule has 1 aliphatic rings. The molecule has 3 rings (SSSR count). The van der Waals surface area contributed by atoms with Crippen LogP contribution in [0.25, 0.3) is 6.08 Å². The van der Waals surface area contributed by atoms with Crippen LogP contribution in [-0.2, 0) is 16.1 Å². The first-order valence-corrected chi connectivity index (χ1v) is 9.11. The topological polar surface area (TPSA) is 91.1 Å². The van der Waals surface area contributed by atoms with E-state index in [0.29, 0.717) is 12.3 Å². The number of nitrogens with zero attached hydrogens (tertiary/aromatic N) is 2. The van der Waals surface area contributed by atoms with Gasteiger partial charge < -0.3 is 14.4 Å². The van der Waals surface area contributed by atoms with E-state index < -0.39 is 17.1 Å². The third kappa shape index (κ3) is 4.66. The number of rotatable bonds is 7. The molecule has 0 atom stereocenters. The highest BCUT2D eigenvalue weighted by molar-refractivity contribution is 8.18. The zero-order valence-electron chi connectivity index (χ0n) is 14.4. The summed E-state index contributed by atoms with van der Waals surface area (Å²) >= 11 is 0.769. The van der Waals surface area contributed by atoms with Gasteiger partial charge in [-0.15, -0.1) is 0 Å². The van der Waals surface area contributed by atoms with Gasteiger partial charge in [-0.2, -0.15) is 0 Å². The molecule has 7 nitrogen and oxygen atoms in total. The van der Waals surface area contributed by atoms with Crippen LogP contribution in [0.4, 0.5) is 4.79 Å². The number of furan rings is 1. The quantitative estimate of drug-likeness (QED) is 0.735. The lowest BCUT2D eigenvalue weighted by Crippen LogP contribution is -2.42. The highest BCUT2D eigenvalue weighted by Crippen LogP contribution is 2.32. The van der Waals surface area contributed by atoms with Crippen molar-refractivity contribution < 1.29 is 23.9 Å². The molecule has 0 spiro atoms. The predicted molar refractivity (Wildman–Crippen MR) is 100 cm³/mol. The third-order valence-electron chi connectivity index (χ3n) is 3.92. The molecule has 1 aliphatic heterocycles. The lowest BCUT2D eigenvalue weighted by atomic mass is 10.2. The van der Waals surface area contributed by atoms with E-state index >= 15 is 0 Å². The molecule has 27 heavy (non-hydrogen) atoms. The lowest BCUT2D eigenvalue weighted by Gasteiger charge is -2.24. The van der Waals surface area contributed by atoms with Crippen molar-refractivity contribution in [1.82, 2.24) is 9.80 Å². The molecule has 1 aromatic heterocycles. The van der Waals surface area contributed by atoms with E-state index in [1.54, 1.807) is 12.1 Å². The monoisotopic (exact) mass is 386 g/mol. The SMILES string of the molecule is O=C(CN1C(=O)S/C(=C\c2ccco2)C1=O)N(CCO)Cc1ccccc1. The summed E-state index contributed by atoms with van der Waals surface area (Å²) in [6.07, 6.45) is 2.95. The van der Waals surface area contributed by atoms with Crippen molar-refractivity contribution in [3.63, 3.8) is 0 Å². The Labute approximate surface area is 160 Å². The molecule has 1 N–H and O–H groups in total. The van der Waals surface area contributed by atoms with Gasteiger partial charge in [0.05, 0.1) is 17.8 Å². The van der Waals surface area contributed by atoms with E-state index in [9.17, 15) is 19.5 Å². The standard InChI is InChI=1S/C19H18N2O5S/c22-9-8-20(12-14-5-2-1-3-6-14)17(23)13-21-18(24)16(27-19(21)25)11-15-7-4-10-26-15/h1-7,10-11,22H,8-9,12-13H2/b16-11-. The number of carbonyl (C=O) groups is 3. The Bertz CT molecular complexity index is 848. The minimum absolute atomic E-state index is 0.117. The minimum Gasteiger partial charge on any atom is -0.465 e. The fourth-order valence-electron chi connectivity index (χ4n) is 2.59. The molecule has 2 heterocycles. The van der Waals surface area contributed by atoms with Crippen LogP contribution in [0.5, 0.6) is 0 Å². The van der Waals surface area contributed by atoms with Crippen molar-refractivity contribution in [2.75, 3.05) is 19.7 Å². The number of amides is 3. The summed E-state index contributed by atoms with van der Waals surface area (Å²) in [7, 11) is 0. The van der Waals surface area contributed by atoms with Crippen molar-refractivity contribution in [3.05, 3.63) is 65.0 Å². The Kier molecular flexibility index (Phi) is 6.10. The molecule has 0 saturated carbocycles. The van der Waals surface area contributed by atoms with Gasteiger partial charge in [-0.3, -0.25) is 19.3 Å². The first kappa shape index (κ1) is 18.9. The van der Waals surface area contributed by atoms with Crippen LogP contribution in [0.2, 0.25) is 0 Å². The Morgan fingerprint density at radius 2 is 1.96 bits per heavy atom. The maximum atomic E-state index is 12.6. The molecule has 0 radical (unpaired) electrons. The van der Waals surface area contributed by atoms with Crippen molar-refractivity contribution in [2.45, 2.75) is 6.54 Å². The van der Waals surface area contributed by atoms with Gasteiger partial charge in [0, 0.05) is 19.2 Å². The van der Waals surface area contributed by atoms with Gasteiger partial charge in [-0.1, -0.05) is 30.3 Å². The molecule has 1 saturated heterocycles. The molecular formula is C19H18N2O5S. The zero-order chi connectivity index (χ0) is 19.2. The average Bonchev–Trinajstić information content (AvgIpc) is 3.26. The molecule has 140 valence electrons. The number of aliphatic hydroxyl groups is 1. The fraction of sp³-hybridized carbons (Fsp3) is 0.211. The lowest BCUT2D eigenvalue weighted by molar-refractivity contribution is -0.136. The number of aliphatic hydroxyl groups excluding tert-OH is 1. The van der Waals surface area contributed by atoms with Crippen LogP contribution < -0.4 is 0 Å². The van der Waals surface area contributed by atoms with E-state index in [-0.39, 0.29) is 24.6 Å². The second-order valence-corrected chi connectivity index (χ2v) is 6.80. The van der Waals surface area contributed by atoms with Crippen LogP contribution in [-0.4, -0.2) is 51.7 Å². The van der Waals surface area contributed by atoms with E-state index in [2.05, 4.69) is 0 Å². The van der Waals surface area contributed by atoms with Crippen molar-refractivity contribution >= 4 is 34.9 Å². The Balaban J connectivity index is 1.69. The van der Waals surface area contributed by atoms with Crippen LogP contribution >= 0.6 is 11.8 Å².